The van der Waals surface area contributed by atoms with E-state index in [4.69, 9.17) is 33.2 Å². The van der Waals surface area contributed by atoms with Crippen molar-refractivity contribution in [3.05, 3.63) is 35.4 Å². The molecule has 0 aliphatic heterocycles. The Labute approximate surface area is 192 Å². The summed E-state index contributed by atoms with van der Waals surface area (Å²) in [6.07, 6.45) is -0.0759. The Balaban J connectivity index is 1.95. The van der Waals surface area contributed by atoms with Gasteiger partial charge < -0.3 is 38.5 Å². The number of hydrogen-bond donors (Lipinski definition) is 1. The summed E-state index contributed by atoms with van der Waals surface area (Å²) in [5, 5.41) is 2.68. The first-order valence-corrected chi connectivity index (χ1v) is 9.90. The third kappa shape index (κ3) is 6.58. The number of benzene rings is 2. The smallest absolute Gasteiger partial charge is 0.310 e. The third-order valence-corrected chi connectivity index (χ3v) is 4.70. The fraction of sp³-hybridized carbons (Fsp3) is 0.391. The van der Waals surface area contributed by atoms with Crippen molar-refractivity contribution in [3.63, 3.8) is 0 Å². The number of carbonyl (C=O) groups is 2. The highest BCUT2D eigenvalue weighted by atomic mass is 16.5. The molecule has 0 saturated carbocycles. The number of esters is 1. The van der Waals surface area contributed by atoms with Gasteiger partial charge in [0.1, 0.15) is 5.75 Å². The Hall–Kier alpha value is -3.82. The van der Waals surface area contributed by atoms with Crippen LogP contribution in [0.2, 0.25) is 0 Å². The maximum absolute atomic E-state index is 12.2. The van der Waals surface area contributed by atoms with E-state index < -0.39 is 18.5 Å². The normalized spacial score (nSPS) is 10.1. The first-order valence-electron chi connectivity index (χ1n) is 9.90. The molecule has 0 spiro atoms. The lowest BCUT2D eigenvalue weighted by molar-refractivity contribution is -0.147. The zero-order valence-electron chi connectivity index (χ0n) is 19.6. The van der Waals surface area contributed by atoms with E-state index in [1.807, 2.05) is 0 Å². The van der Waals surface area contributed by atoms with Crippen LogP contribution in [0.5, 0.6) is 34.5 Å². The summed E-state index contributed by atoms with van der Waals surface area (Å²) >= 11 is 0. The van der Waals surface area contributed by atoms with E-state index in [1.54, 1.807) is 24.3 Å². The van der Waals surface area contributed by atoms with Gasteiger partial charge in [-0.15, -0.1) is 0 Å². The number of rotatable bonds is 12. The maximum Gasteiger partial charge on any atom is 0.310 e. The summed E-state index contributed by atoms with van der Waals surface area (Å²) in [6.45, 7) is -0.286. The number of hydrogen-bond acceptors (Lipinski definition) is 9. The molecule has 0 aliphatic carbocycles. The SMILES string of the molecule is COc1cc(OC)c(OC)cc1CNC(=O)COC(=O)Cc1cc(OC)c(OC)c(OC)c1. The molecule has 10 heteroatoms. The fourth-order valence-electron chi connectivity index (χ4n) is 3.08. The minimum atomic E-state index is -0.580. The van der Waals surface area contributed by atoms with Gasteiger partial charge in [0.25, 0.3) is 5.91 Å². The summed E-state index contributed by atoms with van der Waals surface area (Å²) in [5.41, 5.74) is 1.26. The molecule has 0 radical (unpaired) electrons. The monoisotopic (exact) mass is 463 g/mol. The molecule has 1 amide bonds. The Kier molecular flexibility index (Phi) is 9.46. The standard InChI is InChI=1S/C23H29NO9/c1-27-16-11-18(29-3)17(28-2)10-15(16)12-24-21(25)13-33-22(26)9-14-7-19(30-4)23(32-6)20(8-14)31-5/h7-8,10-11H,9,12-13H2,1-6H3,(H,24,25). The van der Waals surface area contributed by atoms with Gasteiger partial charge in [-0.25, -0.2) is 0 Å². The summed E-state index contributed by atoms with van der Waals surface area (Å²) in [4.78, 5) is 24.4. The van der Waals surface area contributed by atoms with Crippen molar-refractivity contribution in [3.8, 4) is 34.5 Å². The van der Waals surface area contributed by atoms with Crippen LogP contribution in [0.4, 0.5) is 0 Å². The second-order valence-electron chi connectivity index (χ2n) is 6.67. The van der Waals surface area contributed by atoms with Crippen LogP contribution in [0.25, 0.3) is 0 Å². The van der Waals surface area contributed by atoms with E-state index >= 15 is 0 Å². The molecule has 0 bridgehead atoms. The van der Waals surface area contributed by atoms with Crippen LogP contribution in [0.15, 0.2) is 24.3 Å². The van der Waals surface area contributed by atoms with E-state index in [-0.39, 0.29) is 13.0 Å². The van der Waals surface area contributed by atoms with E-state index in [0.717, 1.165) is 0 Å². The Morgan fingerprint density at radius 3 is 1.76 bits per heavy atom. The van der Waals surface area contributed by atoms with Crippen molar-refractivity contribution in [1.29, 1.82) is 0 Å². The van der Waals surface area contributed by atoms with Gasteiger partial charge in [-0.1, -0.05) is 0 Å². The maximum atomic E-state index is 12.2. The Bertz CT molecular complexity index is 950. The molecule has 0 atom stereocenters. The van der Waals surface area contributed by atoms with Gasteiger partial charge in [0.15, 0.2) is 29.6 Å². The number of methoxy groups -OCH3 is 6. The molecule has 0 aromatic heterocycles. The Morgan fingerprint density at radius 1 is 0.697 bits per heavy atom. The van der Waals surface area contributed by atoms with E-state index in [0.29, 0.717) is 45.6 Å². The number of amides is 1. The van der Waals surface area contributed by atoms with Crippen LogP contribution in [-0.4, -0.2) is 61.1 Å². The van der Waals surface area contributed by atoms with Crippen molar-refractivity contribution in [2.24, 2.45) is 0 Å². The number of nitrogens with one attached hydrogen (secondary N) is 1. The molecule has 0 heterocycles. The second kappa shape index (κ2) is 12.3. The quantitative estimate of drug-likeness (QED) is 0.473. The Morgan fingerprint density at radius 2 is 1.24 bits per heavy atom. The summed E-state index contributed by atoms with van der Waals surface area (Å²) in [5.74, 6) is 1.73. The van der Waals surface area contributed by atoms with Gasteiger partial charge in [0.05, 0.1) is 49.1 Å². The highest BCUT2D eigenvalue weighted by Gasteiger charge is 2.17. The lowest BCUT2D eigenvalue weighted by Crippen LogP contribution is -2.28. The average molecular weight is 463 g/mol. The highest BCUT2D eigenvalue weighted by molar-refractivity contribution is 5.81. The molecular formula is C23H29NO9. The zero-order chi connectivity index (χ0) is 24.4. The molecule has 2 aromatic carbocycles. The molecule has 2 rings (SSSR count). The van der Waals surface area contributed by atoms with Crippen molar-refractivity contribution < 1.29 is 42.7 Å². The van der Waals surface area contributed by atoms with E-state index in [9.17, 15) is 9.59 Å². The number of carbonyl (C=O) groups excluding carboxylic acids is 2. The number of ether oxygens (including phenoxy) is 7. The van der Waals surface area contributed by atoms with Crippen LogP contribution in [-0.2, 0) is 27.3 Å². The molecule has 0 unspecified atom stereocenters. The topological polar surface area (TPSA) is 111 Å². The molecular weight excluding hydrogens is 434 g/mol. The molecule has 0 fully saturated rings. The van der Waals surface area contributed by atoms with Gasteiger partial charge >= 0.3 is 5.97 Å². The van der Waals surface area contributed by atoms with Crippen LogP contribution in [0, 0.1) is 0 Å². The van der Waals surface area contributed by atoms with Gasteiger partial charge in [-0.05, 0) is 23.8 Å². The van der Waals surface area contributed by atoms with Gasteiger partial charge in [0, 0.05) is 18.2 Å². The third-order valence-electron chi connectivity index (χ3n) is 4.70. The predicted octanol–water partition coefficient (Wildman–Crippen LogP) is 2.14. The average Bonchev–Trinajstić information content (AvgIpc) is 2.84. The predicted molar refractivity (Wildman–Crippen MR) is 119 cm³/mol. The van der Waals surface area contributed by atoms with E-state index in [2.05, 4.69) is 5.32 Å². The van der Waals surface area contributed by atoms with Crippen LogP contribution >= 0.6 is 0 Å². The van der Waals surface area contributed by atoms with Crippen LogP contribution in [0.1, 0.15) is 11.1 Å². The first kappa shape index (κ1) is 25.4. The minimum absolute atomic E-state index is 0.0759. The zero-order valence-corrected chi connectivity index (χ0v) is 19.6. The molecule has 1 N–H and O–H groups in total. The minimum Gasteiger partial charge on any atom is -0.496 e. The van der Waals surface area contributed by atoms with E-state index in [1.165, 1.54) is 42.7 Å². The molecule has 33 heavy (non-hydrogen) atoms. The largest absolute Gasteiger partial charge is 0.496 e. The molecule has 180 valence electrons. The second-order valence-corrected chi connectivity index (χ2v) is 6.67. The molecule has 0 aliphatic rings. The summed E-state index contributed by atoms with van der Waals surface area (Å²) in [6, 6.07) is 6.66. The van der Waals surface area contributed by atoms with Gasteiger partial charge in [-0.2, -0.15) is 0 Å². The van der Waals surface area contributed by atoms with Crippen LogP contribution in [0.3, 0.4) is 0 Å². The lowest BCUT2D eigenvalue weighted by Gasteiger charge is -2.15. The highest BCUT2D eigenvalue weighted by Crippen LogP contribution is 2.38. The van der Waals surface area contributed by atoms with Crippen molar-refractivity contribution >= 4 is 11.9 Å². The molecule has 0 saturated heterocycles. The van der Waals surface area contributed by atoms with Gasteiger partial charge in [-0.3, -0.25) is 9.59 Å². The lowest BCUT2D eigenvalue weighted by atomic mass is 10.1. The van der Waals surface area contributed by atoms with Gasteiger partial charge in [0.2, 0.25) is 5.75 Å². The summed E-state index contributed by atoms with van der Waals surface area (Å²) in [7, 11) is 9.00. The van der Waals surface area contributed by atoms with Crippen LogP contribution < -0.4 is 33.7 Å². The summed E-state index contributed by atoms with van der Waals surface area (Å²) < 4.78 is 36.8. The van der Waals surface area contributed by atoms with Crippen molar-refractivity contribution in [1.82, 2.24) is 5.32 Å². The van der Waals surface area contributed by atoms with Crippen molar-refractivity contribution in [2.75, 3.05) is 49.3 Å². The first-order chi connectivity index (χ1) is 15.9. The molecule has 10 nitrogen and oxygen atoms in total. The fourth-order valence-corrected chi connectivity index (χ4v) is 3.08. The molecule has 2 aromatic rings. The van der Waals surface area contributed by atoms with Crippen molar-refractivity contribution in [2.45, 2.75) is 13.0 Å².